The molecule has 2 atom stereocenters. The van der Waals surface area contributed by atoms with Crippen molar-refractivity contribution in [2.75, 3.05) is 26.2 Å². The van der Waals surface area contributed by atoms with Gasteiger partial charge in [-0.25, -0.2) is 4.39 Å². The van der Waals surface area contributed by atoms with E-state index in [1.807, 2.05) is 0 Å². The average Bonchev–Trinajstić information content (AvgIpc) is 2.81. The van der Waals surface area contributed by atoms with E-state index in [0.29, 0.717) is 12.1 Å². The molecule has 2 amide bonds. The van der Waals surface area contributed by atoms with Gasteiger partial charge in [0.25, 0.3) is 0 Å². The molecule has 2 unspecified atom stereocenters. The zero-order chi connectivity index (χ0) is 22.9. The third-order valence-electron chi connectivity index (χ3n) is 7.01. The zero-order valence-corrected chi connectivity index (χ0v) is 18.9. The third-order valence-corrected chi connectivity index (χ3v) is 7.01. The van der Waals surface area contributed by atoms with Crippen LogP contribution in [0.15, 0.2) is 24.3 Å². The Morgan fingerprint density at radius 1 is 0.938 bits per heavy atom. The molecule has 7 heteroatoms. The van der Waals surface area contributed by atoms with Crippen molar-refractivity contribution >= 4 is 17.6 Å². The summed E-state index contributed by atoms with van der Waals surface area (Å²) < 4.78 is 13.1. The normalized spacial score (nSPS) is 22.4. The van der Waals surface area contributed by atoms with Gasteiger partial charge < -0.3 is 16.0 Å². The standard InChI is InChI=1S/C25H36FN3O3/c26-20-10-8-18(9-11-20)23(30)19-12-16-29(17-13-19)15-5-1-4-14-28-25(32)22-7-3-2-6-21(22)24(27)31/h8-11,19,21-22H,1-7,12-17H2,(H2,27,31)(H,28,32). The Hall–Kier alpha value is -2.28. The highest BCUT2D eigenvalue weighted by Crippen LogP contribution is 2.30. The monoisotopic (exact) mass is 445 g/mol. The van der Waals surface area contributed by atoms with Crippen molar-refractivity contribution in [1.82, 2.24) is 10.2 Å². The first-order chi connectivity index (χ1) is 15.5. The molecular weight excluding hydrogens is 409 g/mol. The summed E-state index contributed by atoms with van der Waals surface area (Å²) >= 11 is 0. The maximum Gasteiger partial charge on any atom is 0.223 e. The Kier molecular flexibility index (Phi) is 9.21. The highest BCUT2D eigenvalue weighted by Gasteiger charge is 2.34. The number of primary amides is 1. The van der Waals surface area contributed by atoms with Crippen LogP contribution in [0.5, 0.6) is 0 Å². The van der Waals surface area contributed by atoms with Crippen molar-refractivity contribution in [3.05, 3.63) is 35.6 Å². The molecule has 0 aromatic heterocycles. The number of hydrogen-bond acceptors (Lipinski definition) is 4. The van der Waals surface area contributed by atoms with E-state index in [0.717, 1.165) is 77.4 Å². The number of Topliss-reactive ketones (excluding diaryl/α,β-unsaturated/α-hetero) is 1. The first kappa shape index (κ1) is 24.4. The molecule has 1 aliphatic heterocycles. The molecule has 6 nitrogen and oxygen atoms in total. The summed E-state index contributed by atoms with van der Waals surface area (Å²) in [6.07, 6.45) is 8.10. The van der Waals surface area contributed by atoms with Crippen molar-refractivity contribution in [2.45, 2.75) is 57.8 Å². The minimum absolute atomic E-state index is 0.0240. The fourth-order valence-electron chi connectivity index (χ4n) is 5.03. The summed E-state index contributed by atoms with van der Waals surface area (Å²) in [6.45, 7) is 3.45. The van der Waals surface area contributed by atoms with E-state index in [-0.39, 0.29) is 41.2 Å². The molecule has 0 radical (unpaired) electrons. The van der Waals surface area contributed by atoms with Crippen LogP contribution in [0.1, 0.15) is 68.1 Å². The van der Waals surface area contributed by atoms with Crippen molar-refractivity contribution < 1.29 is 18.8 Å². The number of halogens is 1. The lowest BCUT2D eigenvalue weighted by Gasteiger charge is -2.31. The number of amides is 2. The van der Waals surface area contributed by atoms with Gasteiger partial charge in [-0.3, -0.25) is 14.4 Å². The molecule has 2 fully saturated rings. The second kappa shape index (κ2) is 12.1. The lowest BCUT2D eigenvalue weighted by Crippen LogP contribution is -2.42. The van der Waals surface area contributed by atoms with Crippen LogP contribution >= 0.6 is 0 Å². The van der Waals surface area contributed by atoms with Gasteiger partial charge in [0.15, 0.2) is 5.78 Å². The molecular formula is C25H36FN3O3. The molecule has 176 valence electrons. The van der Waals surface area contributed by atoms with E-state index in [1.165, 1.54) is 12.1 Å². The number of carbonyl (C=O) groups excluding carboxylic acids is 3. The Morgan fingerprint density at radius 2 is 1.59 bits per heavy atom. The fraction of sp³-hybridized carbons (Fsp3) is 0.640. The summed E-state index contributed by atoms with van der Waals surface area (Å²) in [7, 11) is 0. The number of rotatable bonds is 10. The minimum atomic E-state index is -0.354. The van der Waals surface area contributed by atoms with Crippen LogP contribution in [0, 0.1) is 23.6 Å². The molecule has 1 aromatic carbocycles. The van der Waals surface area contributed by atoms with Crippen LogP contribution in [-0.2, 0) is 9.59 Å². The quantitative estimate of drug-likeness (QED) is 0.427. The first-order valence-corrected chi connectivity index (χ1v) is 12.0. The largest absolute Gasteiger partial charge is 0.369 e. The van der Waals surface area contributed by atoms with Crippen molar-refractivity contribution in [1.29, 1.82) is 0 Å². The molecule has 1 aromatic rings. The lowest BCUT2D eigenvalue weighted by atomic mass is 9.78. The Morgan fingerprint density at radius 3 is 2.25 bits per heavy atom. The van der Waals surface area contributed by atoms with Crippen molar-refractivity contribution in [3.63, 3.8) is 0 Å². The van der Waals surface area contributed by atoms with Crippen LogP contribution < -0.4 is 11.1 Å². The van der Waals surface area contributed by atoms with Crippen molar-refractivity contribution in [2.24, 2.45) is 23.5 Å². The number of likely N-dealkylation sites (tertiary alicyclic amines) is 1. The van der Waals surface area contributed by atoms with Crippen LogP contribution in [-0.4, -0.2) is 48.7 Å². The third kappa shape index (κ3) is 6.86. The summed E-state index contributed by atoms with van der Waals surface area (Å²) in [4.78, 5) is 39.0. The second-order valence-corrected chi connectivity index (χ2v) is 9.24. The molecule has 1 saturated heterocycles. The van der Waals surface area contributed by atoms with Gasteiger partial charge in [0, 0.05) is 29.9 Å². The topological polar surface area (TPSA) is 92.5 Å². The molecule has 1 saturated carbocycles. The van der Waals surface area contributed by atoms with Crippen LogP contribution in [0.2, 0.25) is 0 Å². The minimum Gasteiger partial charge on any atom is -0.369 e. The molecule has 0 spiro atoms. The smallest absolute Gasteiger partial charge is 0.223 e. The molecule has 1 heterocycles. The number of piperidine rings is 1. The predicted molar refractivity (Wildman–Crippen MR) is 121 cm³/mol. The first-order valence-electron chi connectivity index (χ1n) is 12.0. The lowest BCUT2D eigenvalue weighted by molar-refractivity contribution is -0.134. The molecule has 0 bridgehead atoms. The maximum absolute atomic E-state index is 13.1. The number of hydrogen-bond donors (Lipinski definition) is 2. The Labute approximate surface area is 190 Å². The average molecular weight is 446 g/mol. The summed E-state index contributed by atoms with van der Waals surface area (Å²) in [5.74, 6) is -1.14. The van der Waals surface area contributed by atoms with E-state index in [2.05, 4.69) is 10.2 Å². The fourth-order valence-corrected chi connectivity index (χ4v) is 5.03. The van der Waals surface area contributed by atoms with Crippen LogP contribution in [0.25, 0.3) is 0 Å². The summed E-state index contributed by atoms with van der Waals surface area (Å²) in [5.41, 5.74) is 6.06. The van der Waals surface area contributed by atoms with Crippen molar-refractivity contribution in [3.8, 4) is 0 Å². The number of carbonyl (C=O) groups is 3. The van der Waals surface area contributed by atoms with Crippen LogP contribution in [0.4, 0.5) is 4.39 Å². The van der Waals surface area contributed by atoms with Gasteiger partial charge in [0.05, 0.1) is 0 Å². The molecule has 32 heavy (non-hydrogen) atoms. The van der Waals surface area contributed by atoms with Crippen LogP contribution in [0.3, 0.4) is 0 Å². The van der Waals surface area contributed by atoms with Gasteiger partial charge in [-0.05, 0) is 82.4 Å². The Balaban J connectivity index is 1.27. The van der Waals surface area contributed by atoms with E-state index in [1.54, 1.807) is 12.1 Å². The number of nitrogens with two attached hydrogens (primary N) is 1. The Bertz CT molecular complexity index is 775. The van der Waals surface area contributed by atoms with Gasteiger partial charge >= 0.3 is 0 Å². The van der Waals surface area contributed by atoms with E-state index >= 15 is 0 Å². The van der Waals surface area contributed by atoms with E-state index in [4.69, 9.17) is 5.73 Å². The molecule has 1 aliphatic carbocycles. The highest BCUT2D eigenvalue weighted by molar-refractivity contribution is 5.97. The van der Waals surface area contributed by atoms with E-state index < -0.39 is 0 Å². The van der Waals surface area contributed by atoms with E-state index in [9.17, 15) is 18.8 Å². The second-order valence-electron chi connectivity index (χ2n) is 9.24. The molecule has 2 aliphatic rings. The van der Waals surface area contributed by atoms with Gasteiger partial charge in [0.1, 0.15) is 5.82 Å². The highest BCUT2D eigenvalue weighted by atomic mass is 19.1. The summed E-state index contributed by atoms with van der Waals surface area (Å²) in [5, 5.41) is 2.99. The maximum atomic E-state index is 13.1. The molecule has 3 rings (SSSR count). The number of ketones is 1. The predicted octanol–water partition coefficient (Wildman–Crippen LogP) is 3.30. The van der Waals surface area contributed by atoms with Gasteiger partial charge in [-0.15, -0.1) is 0 Å². The van der Waals surface area contributed by atoms with Gasteiger partial charge in [-0.2, -0.15) is 0 Å². The molecule has 3 N–H and O–H groups in total. The number of nitrogens with one attached hydrogen (secondary N) is 1. The van der Waals surface area contributed by atoms with Gasteiger partial charge in [0.2, 0.25) is 11.8 Å². The number of benzene rings is 1. The zero-order valence-electron chi connectivity index (χ0n) is 18.9. The number of nitrogens with zero attached hydrogens (tertiary/aromatic N) is 1. The van der Waals surface area contributed by atoms with Gasteiger partial charge in [-0.1, -0.05) is 19.3 Å². The summed E-state index contributed by atoms with van der Waals surface area (Å²) in [6, 6.07) is 5.84. The number of unbranched alkanes of at least 4 members (excludes halogenated alkanes) is 2. The SMILES string of the molecule is NC(=O)C1CCCCC1C(=O)NCCCCCN1CCC(C(=O)c2ccc(F)cc2)CC1.